The summed E-state index contributed by atoms with van der Waals surface area (Å²) in [6.45, 7) is 3.99. The van der Waals surface area contributed by atoms with Crippen LogP contribution in [0.15, 0.2) is 6.07 Å². The van der Waals surface area contributed by atoms with Crippen molar-refractivity contribution in [1.29, 1.82) is 0 Å². The highest BCUT2D eigenvalue weighted by Gasteiger charge is 2.12. The molecule has 0 radical (unpaired) electrons. The monoisotopic (exact) mass is 222 g/mol. The Morgan fingerprint density at radius 3 is 2.67 bits per heavy atom. The Labute approximate surface area is 96.4 Å². The van der Waals surface area contributed by atoms with E-state index in [-0.39, 0.29) is 0 Å². The Morgan fingerprint density at radius 1 is 1.47 bits per heavy atom. The summed E-state index contributed by atoms with van der Waals surface area (Å²) in [5.41, 5.74) is 3.25. The lowest BCUT2D eigenvalue weighted by atomic mass is 9.99. The second kappa shape index (κ2) is 5.09. The SMILES string of the molecule is C#CCCc1c(C)c(Cl)cc(C)c1OC. The molecule has 0 aromatic heterocycles. The topological polar surface area (TPSA) is 9.23 Å². The van der Waals surface area contributed by atoms with Crippen molar-refractivity contribution in [2.24, 2.45) is 0 Å². The van der Waals surface area contributed by atoms with E-state index < -0.39 is 0 Å². The lowest BCUT2D eigenvalue weighted by molar-refractivity contribution is 0.406. The number of methoxy groups -OCH3 is 1. The summed E-state index contributed by atoms with van der Waals surface area (Å²) in [5, 5.41) is 0.778. The first kappa shape index (κ1) is 11.9. The molecule has 0 aliphatic rings. The third-order valence-electron chi connectivity index (χ3n) is 2.51. The van der Waals surface area contributed by atoms with Gasteiger partial charge in [-0.2, -0.15) is 0 Å². The molecule has 0 saturated carbocycles. The number of hydrogen-bond donors (Lipinski definition) is 0. The van der Waals surface area contributed by atoms with Crippen molar-refractivity contribution in [3.8, 4) is 18.1 Å². The van der Waals surface area contributed by atoms with Crippen LogP contribution >= 0.6 is 11.6 Å². The highest BCUT2D eigenvalue weighted by atomic mass is 35.5. The van der Waals surface area contributed by atoms with Crippen LogP contribution in [0.25, 0.3) is 0 Å². The highest BCUT2D eigenvalue weighted by Crippen LogP contribution is 2.32. The molecule has 2 heteroatoms. The van der Waals surface area contributed by atoms with Gasteiger partial charge in [0, 0.05) is 11.4 Å². The van der Waals surface area contributed by atoms with E-state index >= 15 is 0 Å². The first-order valence-electron chi connectivity index (χ1n) is 4.87. The standard InChI is InChI=1S/C13H15ClO/c1-5-6-7-11-10(3)12(14)8-9(2)13(11)15-4/h1,8H,6-7H2,2-4H3. The normalized spacial score (nSPS) is 9.80. The molecule has 0 fully saturated rings. The fourth-order valence-electron chi connectivity index (χ4n) is 1.70. The predicted molar refractivity (Wildman–Crippen MR) is 64.6 cm³/mol. The molecule has 0 aliphatic heterocycles. The van der Waals surface area contributed by atoms with E-state index in [1.165, 1.54) is 0 Å². The maximum atomic E-state index is 6.12. The maximum absolute atomic E-state index is 6.12. The average molecular weight is 223 g/mol. The van der Waals surface area contributed by atoms with Gasteiger partial charge in [-0.1, -0.05) is 11.6 Å². The van der Waals surface area contributed by atoms with E-state index in [4.69, 9.17) is 22.8 Å². The quantitative estimate of drug-likeness (QED) is 0.711. The van der Waals surface area contributed by atoms with Gasteiger partial charge in [-0.05, 0) is 43.0 Å². The number of rotatable bonds is 3. The van der Waals surface area contributed by atoms with Crippen LogP contribution in [0.2, 0.25) is 5.02 Å². The Hall–Kier alpha value is -1.13. The first-order chi connectivity index (χ1) is 7.11. The number of terminal acetylenes is 1. The van der Waals surface area contributed by atoms with E-state index in [0.29, 0.717) is 6.42 Å². The Morgan fingerprint density at radius 2 is 2.13 bits per heavy atom. The molecule has 0 bridgehead atoms. The van der Waals surface area contributed by atoms with E-state index in [9.17, 15) is 0 Å². The zero-order chi connectivity index (χ0) is 11.4. The summed E-state index contributed by atoms with van der Waals surface area (Å²) < 4.78 is 5.38. The fourth-order valence-corrected chi connectivity index (χ4v) is 1.98. The van der Waals surface area contributed by atoms with Gasteiger partial charge in [-0.15, -0.1) is 12.3 Å². The van der Waals surface area contributed by atoms with Gasteiger partial charge in [0.15, 0.2) is 0 Å². The smallest absolute Gasteiger partial charge is 0.125 e. The lowest BCUT2D eigenvalue weighted by Crippen LogP contribution is -1.98. The van der Waals surface area contributed by atoms with Gasteiger partial charge in [-0.3, -0.25) is 0 Å². The molecule has 15 heavy (non-hydrogen) atoms. The van der Waals surface area contributed by atoms with Crippen LogP contribution in [0, 0.1) is 26.2 Å². The van der Waals surface area contributed by atoms with Gasteiger partial charge < -0.3 is 4.74 Å². The molecule has 0 heterocycles. The second-order valence-electron chi connectivity index (χ2n) is 3.52. The molecule has 0 saturated heterocycles. The summed E-state index contributed by atoms with van der Waals surface area (Å²) in [5.74, 6) is 3.54. The predicted octanol–water partition coefficient (Wildman–Crippen LogP) is 3.53. The summed E-state index contributed by atoms with van der Waals surface area (Å²) in [6, 6.07) is 1.93. The van der Waals surface area contributed by atoms with Crippen LogP contribution in [0.5, 0.6) is 5.75 Å². The van der Waals surface area contributed by atoms with Crippen molar-refractivity contribution in [3.63, 3.8) is 0 Å². The number of benzene rings is 1. The zero-order valence-electron chi connectivity index (χ0n) is 9.36. The first-order valence-corrected chi connectivity index (χ1v) is 5.25. The van der Waals surface area contributed by atoms with E-state index in [2.05, 4.69) is 5.92 Å². The summed E-state index contributed by atoms with van der Waals surface area (Å²) in [7, 11) is 1.68. The summed E-state index contributed by atoms with van der Waals surface area (Å²) in [6.07, 6.45) is 6.79. The molecule has 80 valence electrons. The highest BCUT2D eigenvalue weighted by molar-refractivity contribution is 6.31. The van der Waals surface area contributed by atoms with Crippen LogP contribution in [-0.2, 0) is 6.42 Å². The van der Waals surface area contributed by atoms with Gasteiger partial charge in [-0.25, -0.2) is 0 Å². The zero-order valence-corrected chi connectivity index (χ0v) is 10.1. The molecular weight excluding hydrogens is 208 g/mol. The van der Waals surface area contributed by atoms with Crippen molar-refractivity contribution in [3.05, 3.63) is 27.8 Å². The van der Waals surface area contributed by atoms with Crippen LogP contribution in [0.3, 0.4) is 0 Å². The van der Waals surface area contributed by atoms with Gasteiger partial charge >= 0.3 is 0 Å². The van der Waals surface area contributed by atoms with Crippen molar-refractivity contribution >= 4 is 11.6 Å². The van der Waals surface area contributed by atoms with Crippen molar-refractivity contribution in [2.75, 3.05) is 7.11 Å². The Balaban J connectivity index is 3.25. The number of aryl methyl sites for hydroxylation is 1. The van der Waals surface area contributed by atoms with E-state index in [1.54, 1.807) is 7.11 Å². The minimum atomic E-state index is 0.705. The lowest BCUT2D eigenvalue weighted by Gasteiger charge is -2.14. The molecule has 0 spiro atoms. The van der Waals surface area contributed by atoms with Crippen molar-refractivity contribution in [2.45, 2.75) is 26.7 Å². The minimum absolute atomic E-state index is 0.705. The third kappa shape index (κ3) is 2.46. The second-order valence-corrected chi connectivity index (χ2v) is 3.92. The van der Waals surface area contributed by atoms with E-state index in [1.807, 2.05) is 19.9 Å². The summed E-state index contributed by atoms with van der Waals surface area (Å²) in [4.78, 5) is 0. The Kier molecular flexibility index (Phi) is 4.05. The van der Waals surface area contributed by atoms with Crippen molar-refractivity contribution in [1.82, 2.24) is 0 Å². The number of ether oxygens (including phenoxy) is 1. The van der Waals surface area contributed by atoms with Crippen LogP contribution < -0.4 is 4.74 Å². The number of halogens is 1. The molecule has 0 amide bonds. The molecule has 0 aliphatic carbocycles. The van der Waals surface area contributed by atoms with Crippen LogP contribution in [-0.4, -0.2) is 7.11 Å². The van der Waals surface area contributed by atoms with Gasteiger partial charge in [0.1, 0.15) is 5.75 Å². The van der Waals surface area contributed by atoms with Gasteiger partial charge in [0.25, 0.3) is 0 Å². The van der Waals surface area contributed by atoms with Crippen LogP contribution in [0.1, 0.15) is 23.1 Å². The minimum Gasteiger partial charge on any atom is -0.496 e. The van der Waals surface area contributed by atoms with Crippen molar-refractivity contribution < 1.29 is 4.74 Å². The average Bonchev–Trinajstić information content (AvgIpc) is 2.21. The number of hydrogen-bond acceptors (Lipinski definition) is 1. The molecule has 1 aromatic rings. The van der Waals surface area contributed by atoms with Crippen LogP contribution in [0.4, 0.5) is 0 Å². The molecule has 0 atom stereocenters. The fraction of sp³-hybridized carbons (Fsp3) is 0.385. The van der Waals surface area contributed by atoms with Gasteiger partial charge in [0.05, 0.1) is 7.11 Å². The maximum Gasteiger partial charge on any atom is 0.125 e. The molecule has 0 N–H and O–H groups in total. The molecule has 1 aromatic carbocycles. The third-order valence-corrected chi connectivity index (χ3v) is 2.90. The summed E-state index contributed by atoms with van der Waals surface area (Å²) >= 11 is 6.12. The van der Waals surface area contributed by atoms with Gasteiger partial charge in [0.2, 0.25) is 0 Å². The Bertz CT molecular complexity index is 402. The molecule has 0 unspecified atom stereocenters. The van der Waals surface area contributed by atoms with E-state index in [0.717, 1.165) is 33.9 Å². The molecular formula is C13H15ClO. The molecule has 1 rings (SSSR count). The molecule has 1 nitrogen and oxygen atoms in total. The largest absolute Gasteiger partial charge is 0.496 e.